The van der Waals surface area contributed by atoms with Gasteiger partial charge < -0.3 is 20.4 Å². The average molecular weight is 281 g/mol. The number of hydrogen-bond donors (Lipinski definition) is 3. The van der Waals surface area contributed by atoms with E-state index in [1.165, 1.54) is 19.4 Å². The Morgan fingerprint density at radius 2 is 2.00 bits per heavy atom. The van der Waals surface area contributed by atoms with Crippen LogP contribution in [0.2, 0.25) is 0 Å². The van der Waals surface area contributed by atoms with Crippen molar-refractivity contribution in [3.05, 3.63) is 24.2 Å². The Morgan fingerprint density at radius 1 is 1.30 bits per heavy atom. The highest BCUT2D eigenvalue weighted by Gasteiger charge is 2.25. The van der Waals surface area contributed by atoms with E-state index < -0.39 is 17.9 Å². The molecule has 3 N–H and O–H groups in total. The molecular weight excluding hydrogens is 262 g/mol. The lowest BCUT2D eigenvalue weighted by molar-refractivity contribution is -0.127. The number of likely N-dealkylation sites (N-methyl/N-ethyl adjacent to an activating group) is 1. The standard InChI is InChI=1S/C13H19N3O4/c1-8(2)11(13(19)15-7-10(17)14-3)16-12(18)9-5-4-6-20-9/h4-6,8,11H,7H2,1-3H3,(H,14,17)(H,15,19)(H,16,18). The van der Waals surface area contributed by atoms with E-state index in [1.807, 2.05) is 0 Å². The summed E-state index contributed by atoms with van der Waals surface area (Å²) in [6, 6.07) is 2.36. The first kappa shape index (κ1) is 15.7. The van der Waals surface area contributed by atoms with Gasteiger partial charge in [0.25, 0.3) is 5.91 Å². The summed E-state index contributed by atoms with van der Waals surface area (Å²) in [5, 5.41) is 7.45. The maximum Gasteiger partial charge on any atom is 0.287 e. The fraction of sp³-hybridized carbons (Fsp3) is 0.462. The Kier molecular flexibility index (Phi) is 5.76. The van der Waals surface area contributed by atoms with Gasteiger partial charge in [0.1, 0.15) is 6.04 Å². The first-order chi connectivity index (χ1) is 9.45. The lowest BCUT2D eigenvalue weighted by Gasteiger charge is -2.20. The molecule has 1 aromatic rings. The van der Waals surface area contributed by atoms with E-state index in [-0.39, 0.29) is 24.1 Å². The largest absolute Gasteiger partial charge is 0.459 e. The van der Waals surface area contributed by atoms with Gasteiger partial charge in [-0.15, -0.1) is 0 Å². The summed E-state index contributed by atoms with van der Waals surface area (Å²) in [6.07, 6.45) is 1.38. The molecule has 0 bridgehead atoms. The van der Waals surface area contributed by atoms with Crippen LogP contribution in [0.3, 0.4) is 0 Å². The summed E-state index contributed by atoms with van der Waals surface area (Å²) < 4.78 is 4.96. The Bertz CT molecular complexity index is 468. The third-order valence-electron chi connectivity index (χ3n) is 2.68. The van der Waals surface area contributed by atoms with Crippen molar-refractivity contribution in [1.82, 2.24) is 16.0 Å². The van der Waals surface area contributed by atoms with Crippen LogP contribution in [0.4, 0.5) is 0 Å². The predicted octanol–water partition coefficient (Wildman–Crippen LogP) is -0.104. The zero-order valence-electron chi connectivity index (χ0n) is 11.7. The molecular formula is C13H19N3O4. The second-order valence-corrected chi connectivity index (χ2v) is 4.56. The molecule has 1 rings (SSSR count). The summed E-state index contributed by atoms with van der Waals surface area (Å²) in [4.78, 5) is 34.9. The topological polar surface area (TPSA) is 100 Å². The van der Waals surface area contributed by atoms with E-state index in [2.05, 4.69) is 16.0 Å². The lowest BCUT2D eigenvalue weighted by Crippen LogP contribution is -2.51. The van der Waals surface area contributed by atoms with Gasteiger partial charge in [-0.3, -0.25) is 14.4 Å². The number of furan rings is 1. The van der Waals surface area contributed by atoms with Gasteiger partial charge in [-0.1, -0.05) is 13.8 Å². The number of carbonyl (C=O) groups is 3. The van der Waals surface area contributed by atoms with Gasteiger partial charge >= 0.3 is 0 Å². The number of hydrogen-bond acceptors (Lipinski definition) is 4. The zero-order valence-corrected chi connectivity index (χ0v) is 11.7. The number of nitrogens with one attached hydrogen (secondary N) is 3. The second kappa shape index (κ2) is 7.32. The minimum absolute atomic E-state index is 0.126. The van der Waals surface area contributed by atoms with E-state index in [9.17, 15) is 14.4 Å². The molecule has 0 saturated heterocycles. The fourth-order valence-electron chi connectivity index (χ4n) is 1.52. The Labute approximate surface area is 117 Å². The van der Waals surface area contributed by atoms with Gasteiger partial charge in [0.2, 0.25) is 11.8 Å². The van der Waals surface area contributed by atoms with Crippen molar-refractivity contribution in [3.63, 3.8) is 0 Å². The van der Waals surface area contributed by atoms with Gasteiger partial charge in [-0.25, -0.2) is 0 Å². The van der Waals surface area contributed by atoms with Crippen LogP contribution >= 0.6 is 0 Å². The molecule has 7 nitrogen and oxygen atoms in total. The molecule has 0 saturated carbocycles. The van der Waals surface area contributed by atoms with Gasteiger partial charge in [0.15, 0.2) is 5.76 Å². The third kappa shape index (κ3) is 4.42. The molecule has 1 unspecified atom stereocenters. The van der Waals surface area contributed by atoms with E-state index in [1.54, 1.807) is 19.9 Å². The molecule has 0 aliphatic rings. The summed E-state index contributed by atoms with van der Waals surface area (Å²) in [7, 11) is 1.48. The summed E-state index contributed by atoms with van der Waals surface area (Å²) in [6.45, 7) is 3.47. The highest BCUT2D eigenvalue weighted by atomic mass is 16.3. The number of carbonyl (C=O) groups excluding carboxylic acids is 3. The van der Waals surface area contributed by atoms with Crippen LogP contribution in [0.25, 0.3) is 0 Å². The molecule has 0 aliphatic heterocycles. The molecule has 0 aliphatic carbocycles. The SMILES string of the molecule is CNC(=O)CNC(=O)C(NC(=O)c1ccco1)C(C)C. The molecule has 1 atom stereocenters. The molecule has 0 radical (unpaired) electrons. The van der Waals surface area contributed by atoms with Gasteiger partial charge in [0, 0.05) is 7.05 Å². The molecule has 0 fully saturated rings. The molecule has 0 spiro atoms. The minimum Gasteiger partial charge on any atom is -0.459 e. The zero-order chi connectivity index (χ0) is 15.1. The van der Waals surface area contributed by atoms with Crippen molar-refractivity contribution in [2.24, 2.45) is 5.92 Å². The maximum atomic E-state index is 12.0. The van der Waals surface area contributed by atoms with E-state index in [0.717, 1.165) is 0 Å². The Balaban J connectivity index is 2.62. The highest BCUT2D eigenvalue weighted by Crippen LogP contribution is 2.05. The highest BCUT2D eigenvalue weighted by molar-refractivity contribution is 5.96. The summed E-state index contributed by atoms with van der Waals surface area (Å²) >= 11 is 0. The van der Waals surface area contributed by atoms with Crippen molar-refractivity contribution in [2.75, 3.05) is 13.6 Å². The van der Waals surface area contributed by atoms with Crippen LogP contribution in [-0.2, 0) is 9.59 Å². The minimum atomic E-state index is -0.739. The van der Waals surface area contributed by atoms with Crippen molar-refractivity contribution in [2.45, 2.75) is 19.9 Å². The van der Waals surface area contributed by atoms with E-state index in [4.69, 9.17) is 4.42 Å². The van der Waals surface area contributed by atoms with Crippen molar-refractivity contribution in [3.8, 4) is 0 Å². The molecule has 7 heteroatoms. The molecule has 0 aromatic carbocycles. The van der Waals surface area contributed by atoms with E-state index in [0.29, 0.717) is 0 Å². The smallest absolute Gasteiger partial charge is 0.287 e. The number of rotatable bonds is 6. The first-order valence-corrected chi connectivity index (χ1v) is 6.28. The van der Waals surface area contributed by atoms with Crippen LogP contribution in [0.15, 0.2) is 22.8 Å². The van der Waals surface area contributed by atoms with Crippen LogP contribution in [0, 0.1) is 5.92 Å². The van der Waals surface area contributed by atoms with Crippen LogP contribution in [0.1, 0.15) is 24.4 Å². The Hall–Kier alpha value is -2.31. The average Bonchev–Trinajstić information content (AvgIpc) is 2.95. The summed E-state index contributed by atoms with van der Waals surface area (Å²) in [5.74, 6) is -1.18. The van der Waals surface area contributed by atoms with Crippen LogP contribution in [-0.4, -0.2) is 37.4 Å². The quantitative estimate of drug-likeness (QED) is 0.677. The van der Waals surface area contributed by atoms with Gasteiger partial charge in [-0.05, 0) is 18.1 Å². The molecule has 110 valence electrons. The fourth-order valence-corrected chi connectivity index (χ4v) is 1.52. The van der Waals surface area contributed by atoms with Crippen molar-refractivity contribution >= 4 is 17.7 Å². The molecule has 1 aromatic heterocycles. The van der Waals surface area contributed by atoms with E-state index >= 15 is 0 Å². The maximum absolute atomic E-state index is 12.0. The van der Waals surface area contributed by atoms with Crippen molar-refractivity contribution in [1.29, 1.82) is 0 Å². The van der Waals surface area contributed by atoms with Gasteiger partial charge in [-0.2, -0.15) is 0 Å². The summed E-state index contributed by atoms with van der Waals surface area (Å²) in [5.41, 5.74) is 0. The second-order valence-electron chi connectivity index (χ2n) is 4.56. The molecule has 1 heterocycles. The Morgan fingerprint density at radius 3 is 2.50 bits per heavy atom. The molecule has 3 amide bonds. The first-order valence-electron chi connectivity index (χ1n) is 6.28. The van der Waals surface area contributed by atoms with Crippen molar-refractivity contribution < 1.29 is 18.8 Å². The lowest BCUT2D eigenvalue weighted by atomic mass is 10.0. The predicted molar refractivity (Wildman–Crippen MR) is 71.9 cm³/mol. The monoisotopic (exact) mass is 281 g/mol. The van der Waals surface area contributed by atoms with Crippen LogP contribution < -0.4 is 16.0 Å². The molecule has 20 heavy (non-hydrogen) atoms. The van der Waals surface area contributed by atoms with Gasteiger partial charge in [0.05, 0.1) is 12.8 Å². The normalized spacial score (nSPS) is 11.8. The third-order valence-corrected chi connectivity index (χ3v) is 2.68. The number of amides is 3. The van der Waals surface area contributed by atoms with Crippen LogP contribution in [0.5, 0.6) is 0 Å².